The lowest BCUT2D eigenvalue weighted by atomic mass is 9.67. The van der Waals surface area contributed by atoms with Crippen LogP contribution >= 0.6 is 0 Å². The Morgan fingerprint density at radius 2 is 1.57 bits per heavy atom. The quantitative estimate of drug-likeness (QED) is 0.175. The fraction of sp³-hybridized carbons (Fsp3) is 0.812. The number of hydrogen-bond acceptors (Lipinski definition) is 15. The fourth-order valence-corrected chi connectivity index (χ4v) is 11.3. The molecule has 2 spiro atoms. The van der Waals surface area contributed by atoms with Crippen LogP contribution in [0.2, 0.25) is 0 Å². The number of methoxy groups -OCH3 is 2. The topological polar surface area (TPSA) is 183 Å². The summed E-state index contributed by atoms with van der Waals surface area (Å²) in [5.74, 6) is -2.69. The van der Waals surface area contributed by atoms with Crippen molar-refractivity contribution in [3.8, 4) is 0 Å². The molecule has 0 aromatic rings. The average Bonchev–Trinajstić information content (AvgIpc) is 3.90. The van der Waals surface area contributed by atoms with Crippen molar-refractivity contribution in [2.75, 3.05) is 20.8 Å². The first-order chi connectivity index (χ1) is 30.0. The van der Waals surface area contributed by atoms with Crippen molar-refractivity contribution in [1.29, 1.82) is 0 Å². The van der Waals surface area contributed by atoms with Crippen molar-refractivity contribution in [2.24, 2.45) is 23.7 Å². The average molecular weight is 889 g/mol. The summed E-state index contributed by atoms with van der Waals surface area (Å²) in [5.41, 5.74) is -1.72. The van der Waals surface area contributed by atoms with E-state index < -0.39 is 115 Å². The second-order valence-electron chi connectivity index (χ2n) is 19.7. The van der Waals surface area contributed by atoms with Crippen LogP contribution in [0.3, 0.4) is 0 Å². The Morgan fingerprint density at radius 3 is 2.30 bits per heavy atom. The molecule has 0 aromatic heterocycles. The maximum absolute atomic E-state index is 14.5. The highest BCUT2D eigenvalue weighted by Gasteiger charge is 2.79. The molecular weight excluding hydrogens is 817 g/mol. The Hall–Kier alpha value is -2.09. The molecule has 15 nitrogen and oxygen atoms in total. The summed E-state index contributed by atoms with van der Waals surface area (Å²) in [6.07, 6.45) is 5.94. The number of esters is 1. The third kappa shape index (κ3) is 8.82. The Bertz CT molecular complexity index is 1770. The molecule has 5 saturated heterocycles. The Labute approximate surface area is 372 Å². The Balaban J connectivity index is 1.09. The summed E-state index contributed by atoms with van der Waals surface area (Å²) < 4.78 is 70.2. The summed E-state index contributed by atoms with van der Waals surface area (Å²) >= 11 is 0. The van der Waals surface area contributed by atoms with Crippen molar-refractivity contribution in [1.82, 2.24) is 0 Å². The maximum atomic E-state index is 14.5. The molecule has 5 fully saturated rings. The van der Waals surface area contributed by atoms with Gasteiger partial charge in [0.05, 0.1) is 49.3 Å². The summed E-state index contributed by atoms with van der Waals surface area (Å²) in [4.78, 5) is 14.5. The van der Waals surface area contributed by atoms with Gasteiger partial charge in [0.2, 0.25) is 0 Å². The third-order valence-electron chi connectivity index (χ3n) is 15.3. The van der Waals surface area contributed by atoms with Crippen LogP contribution in [0.25, 0.3) is 0 Å². The highest BCUT2D eigenvalue weighted by Crippen LogP contribution is 2.59. The monoisotopic (exact) mass is 888 g/mol. The van der Waals surface area contributed by atoms with E-state index in [1.165, 1.54) is 0 Å². The van der Waals surface area contributed by atoms with Crippen molar-refractivity contribution < 1.29 is 72.2 Å². The molecule has 0 radical (unpaired) electrons. The van der Waals surface area contributed by atoms with Crippen molar-refractivity contribution in [2.45, 2.75) is 203 Å². The van der Waals surface area contributed by atoms with Crippen molar-refractivity contribution in [3.63, 3.8) is 0 Å². The van der Waals surface area contributed by atoms with E-state index >= 15 is 0 Å². The summed E-state index contributed by atoms with van der Waals surface area (Å²) in [7, 11) is 3.22. The Morgan fingerprint density at radius 1 is 0.857 bits per heavy atom. The van der Waals surface area contributed by atoms with Gasteiger partial charge in [0.25, 0.3) is 0 Å². The normalized spacial score (nSPS) is 51.9. The molecule has 63 heavy (non-hydrogen) atoms. The lowest BCUT2D eigenvalue weighted by molar-refractivity contribution is -0.318. The number of carbonyl (C=O) groups is 1. The molecule has 8 rings (SSSR count). The molecule has 2 bridgehead atoms. The van der Waals surface area contributed by atoms with E-state index in [0.717, 1.165) is 12.0 Å². The number of hydrogen-bond donors (Lipinski definition) is 3. The van der Waals surface area contributed by atoms with Crippen molar-refractivity contribution >= 4 is 5.97 Å². The predicted molar refractivity (Wildman–Crippen MR) is 227 cm³/mol. The number of fused-ring (bicyclic) bond motifs is 2. The Kier molecular flexibility index (Phi) is 13.9. The molecule has 3 N–H and O–H groups in total. The van der Waals surface area contributed by atoms with Crippen LogP contribution in [0.4, 0.5) is 0 Å². The van der Waals surface area contributed by atoms with Gasteiger partial charge < -0.3 is 67.4 Å². The van der Waals surface area contributed by atoms with E-state index in [0.29, 0.717) is 31.3 Å². The molecular formula is C48H72O15. The second-order valence-corrected chi connectivity index (χ2v) is 19.7. The minimum atomic E-state index is -1.91. The zero-order chi connectivity index (χ0) is 45.2. The van der Waals surface area contributed by atoms with E-state index in [1.54, 1.807) is 34.1 Å². The molecule has 0 saturated carbocycles. The summed E-state index contributed by atoms with van der Waals surface area (Å²) in [5, 5.41) is 34.6. The second kappa shape index (κ2) is 18.5. The standard InChI is InChI=1S/C48H72O15/c1-11-24(2)42-27(5)16-17-46(63-42)22-32-19-31(61-46)14-12-25(3)41(59-38-21-35(54-10)43(30(8)57-38)60-37-20-34(53-9)40(50)29(7)56-37)26(4)13-15-36-47(62-36)23-55-44-39(49)28(6)18-33(45(51)58-32)48(44,47)52/h12-13,15-18,24,26-27,29-44,49-50,52H,11,14,19-23H2,1-10H3/b15-13+,25-12+/t24-,26-,27-,29+,30+,31+,32-,33-,34+,35+,36-,37+,38+,39+,40+,41+,42+,43+,44?,46+,47+,48+/m0/s1. The molecule has 354 valence electrons. The highest BCUT2D eigenvalue weighted by molar-refractivity contribution is 5.78. The molecule has 0 amide bonds. The lowest BCUT2D eigenvalue weighted by Crippen LogP contribution is -2.63. The molecule has 1 aliphatic carbocycles. The first kappa shape index (κ1) is 47.4. The number of carbonyl (C=O) groups excluding carboxylic acids is 1. The molecule has 1 unspecified atom stereocenters. The van der Waals surface area contributed by atoms with E-state index in [4.69, 9.17) is 52.1 Å². The molecule has 15 heteroatoms. The fourth-order valence-electron chi connectivity index (χ4n) is 11.3. The number of rotatable bonds is 8. The van der Waals surface area contributed by atoms with Crippen LogP contribution in [-0.4, -0.2) is 151 Å². The van der Waals surface area contributed by atoms with E-state index in [1.807, 2.05) is 32.1 Å². The van der Waals surface area contributed by atoms with Gasteiger partial charge in [0, 0.05) is 51.7 Å². The van der Waals surface area contributed by atoms with E-state index in [2.05, 4.69) is 39.8 Å². The zero-order valence-electron chi connectivity index (χ0n) is 38.6. The third-order valence-corrected chi connectivity index (χ3v) is 15.3. The van der Waals surface area contributed by atoms with Crippen LogP contribution in [0, 0.1) is 23.7 Å². The molecule has 7 heterocycles. The molecule has 7 aliphatic heterocycles. The molecule has 8 aliphatic rings. The van der Waals surface area contributed by atoms with Gasteiger partial charge in [0.1, 0.15) is 48.1 Å². The predicted octanol–water partition coefficient (Wildman–Crippen LogP) is 4.59. The van der Waals surface area contributed by atoms with Crippen LogP contribution in [0.15, 0.2) is 47.6 Å². The minimum absolute atomic E-state index is 0.0123. The minimum Gasteiger partial charge on any atom is -0.462 e. The molecule has 0 aromatic carbocycles. The highest BCUT2D eigenvalue weighted by atomic mass is 16.7. The number of epoxide rings is 1. The lowest BCUT2D eigenvalue weighted by Gasteiger charge is -2.48. The van der Waals surface area contributed by atoms with Gasteiger partial charge >= 0.3 is 5.97 Å². The SMILES string of the molecule is CC[C@H](C)[C@H]1O[C@]2(C=C[C@@H]1C)C[C@@H]1C[C@@H](C/C=C(\C)[C@@H](O[C@@H]3C[C@@H](OC)[C@H](O[C@@H]4C[C@@H](OC)[C@H](O)[C@@H](C)O4)[C@@H](C)O3)[C@@H](C)/C=C/[C@@H]3O[C@]34COC3[C@H](O)C(C)=C[C@@H](C(=O)O1)[C@@]34O)O2. The van der Waals surface area contributed by atoms with E-state index in [-0.39, 0.29) is 36.9 Å². The largest absolute Gasteiger partial charge is 0.462 e. The van der Waals surface area contributed by atoms with E-state index in [9.17, 15) is 20.1 Å². The van der Waals surface area contributed by atoms with Crippen LogP contribution in [-0.2, 0) is 56.9 Å². The number of ether oxygens (including phenoxy) is 11. The van der Waals surface area contributed by atoms with Gasteiger partial charge in [-0.05, 0) is 57.3 Å². The molecule has 22 atom stereocenters. The first-order valence-corrected chi connectivity index (χ1v) is 23.3. The van der Waals surface area contributed by atoms with Crippen LogP contribution in [0.5, 0.6) is 0 Å². The van der Waals surface area contributed by atoms with Gasteiger partial charge in [-0.1, -0.05) is 64.5 Å². The summed E-state index contributed by atoms with van der Waals surface area (Å²) in [6.45, 7) is 16.0. The van der Waals surface area contributed by atoms with Crippen molar-refractivity contribution in [3.05, 3.63) is 47.6 Å². The van der Waals surface area contributed by atoms with Gasteiger partial charge in [-0.15, -0.1) is 0 Å². The number of aliphatic hydroxyl groups excluding tert-OH is 2. The number of aliphatic hydroxyl groups is 3. The van der Waals surface area contributed by atoms with Crippen LogP contribution < -0.4 is 0 Å². The van der Waals surface area contributed by atoms with Gasteiger partial charge in [-0.2, -0.15) is 0 Å². The van der Waals surface area contributed by atoms with Gasteiger partial charge in [-0.3, -0.25) is 4.79 Å². The summed E-state index contributed by atoms with van der Waals surface area (Å²) in [6, 6.07) is 0. The van der Waals surface area contributed by atoms with Gasteiger partial charge in [-0.25, -0.2) is 0 Å². The maximum Gasteiger partial charge on any atom is 0.316 e. The van der Waals surface area contributed by atoms with Crippen LogP contribution in [0.1, 0.15) is 93.9 Å². The van der Waals surface area contributed by atoms with Gasteiger partial charge in [0.15, 0.2) is 24.0 Å². The first-order valence-electron chi connectivity index (χ1n) is 23.3. The zero-order valence-corrected chi connectivity index (χ0v) is 38.6. The smallest absolute Gasteiger partial charge is 0.316 e.